The molecule has 0 saturated heterocycles. The van der Waals surface area contributed by atoms with Crippen LogP contribution in [0.4, 0.5) is 0 Å². The van der Waals surface area contributed by atoms with Gasteiger partial charge in [0.15, 0.2) is 0 Å². The molecule has 0 amide bonds. The van der Waals surface area contributed by atoms with Gasteiger partial charge < -0.3 is 4.74 Å². The lowest BCUT2D eigenvalue weighted by Crippen LogP contribution is -1.97. The van der Waals surface area contributed by atoms with Gasteiger partial charge in [0, 0.05) is 6.20 Å². The molecule has 0 aliphatic carbocycles. The maximum absolute atomic E-state index is 5.68. The molecule has 2 nitrogen and oxygen atoms in total. The van der Waals surface area contributed by atoms with Crippen molar-refractivity contribution in [3.8, 4) is 5.75 Å². The molecule has 0 N–H and O–H groups in total. The normalized spacial score (nSPS) is 9.75. The molecule has 2 rings (SSSR count). The summed E-state index contributed by atoms with van der Waals surface area (Å²) in [7, 11) is 0. The molecular formula is C14H13NO. The lowest BCUT2D eigenvalue weighted by molar-refractivity contribution is 0.304. The molecule has 1 aromatic heterocycles. The van der Waals surface area contributed by atoms with E-state index in [-0.39, 0.29) is 0 Å². The molecule has 2 aromatic rings. The minimum absolute atomic E-state index is 0.549. The second-order valence-electron chi connectivity index (χ2n) is 3.37. The summed E-state index contributed by atoms with van der Waals surface area (Å²) in [4.78, 5) is 4.17. The Morgan fingerprint density at radius 2 is 1.94 bits per heavy atom. The third-order valence-electron chi connectivity index (χ3n) is 2.23. The predicted molar refractivity (Wildman–Crippen MR) is 65.1 cm³/mol. The SMILES string of the molecule is C=Cc1ncccc1OCc1ccccc1. The maximum Gasteiger partial charge on any atom is 0.145 e. The molecule has 16 heavy (non-hydrogen) atoms. The lowest BCUT2D eigenvalue weighted by atomic mass is 10.2. The predicted octanol–water partition coefficient (Wildman–Crippen LogP) is 3.30. The molecule has 0 aliphatic heterocycles. The zero-order chi connectivity index (χ0) is 11.2. The Kier molecular flexibility index (Phi) is 3.34. The molecule has 0 radical (unpaired) electrons. The van der Waals surface area contributed by atoms with Crippen LogP contribution in [0.3, 0.4) is 0 Å². The summed E-state index contributed by atoms with van der Waals surface area (Å²) in [6.07, 6.45) is 3.42. The summed E-state index contributed by atoms with van der Waals surface area (Å²) in [6, 6.07) is 13.8. The van der Waals surface area contributed by atoms with Crippen molar-refractivity contribution in [2.45, 2.75) is 6.61 Å². The van der Waals surface area contributed by atoms with Crippen LogP contribution in [0.2, 0.25) is 0 Å². The van der Waals surface area contributed by atoms with Crippen molar-refractivity contribution in [3.63, 3.8) is 0 Å². The summed E-state index contributed by atoms with van der Waals surface area (Å²) >= 11 is 0. The van der Waals surface area contributed by atoms with Gasteiger partial charge in [-0.05, 0) is 23.8 Å². The van der Waals surface area contributed by atoms with Gasteiger partial charge in [0.25, 0.3) is 0 Å². The zero-order valence-electron chi connectivity index (χ0n) is 8.97. The lowest BCUT2D eigenvalue weighted by Gasteiger charge is -2.07. The Labute approximate surface area is 95.2 Å². The zero-order valence-corrected chi connectivity index (χ0v) is 8.97. The fraction of sp³-hybridized carbons (Fsp3) is 0.0714. The number of nitrogens with zero attached hydrogens (tertiary/aromatic N) is 1. The van der Waals surface area contributed by atoms with Crippen molar-refractivity contribution in [3.05, 3.63) is 66.5 Å². The second kappa shape index (κ2) is 5.12. The Balaban J connectivity index is 2.08. The molecule has 0 aliphatic rings. The molecular weight excluding hydrogens is 198 g/mol. The Morgan fingerprint density at radius 1 is 1.12 bits per heavy atom. The van der Waals surface area contributed by atoms with Crippen LogP contribution in [-0.2, 0) is 6.61 Å². The van der Waals surface area contributed by atoms with Crippen LogP contribution < -0.4 is 4.74 Å². The summed E-state index contributed by atoms with van der Waals surface area (Å²) < 4.78 is 5.68. The van der Waals surface area contributed by atoms with Crippen LogP contribution in [0.5, 0.6) is 5.75 Å². The Hall–Kier alpha value is -2.09. The van der Waals surface area contributed by atoms with Gasteiger partial charge >= 0.3 is 0 Å². The molecule has 0 bridgehead atoms. The number of pyridine rings is 1. The molecule has 1 heterocycles. The number of hydrogen-bond acceptors (Lipinski definition) is 2. The van der Waals surface area contributed by atoms with Gasteiger partial charge in [0.2, 0.25) is 0 Å². The average molecular weight is 211 g/mol. The van der Waals surface area contributed by atoms with Gasteiger partial charge in [-0.15, -0.1) is 0 Å². The minimum atomic E-state index is 0.549. The van der Waals surface area contributed by atoms with E-state index in [9.17, 15) is 0 Å². The second-order valence-corrected chi connectivity index (χ2v) is 3.37. The summed E-state index contributed by atoms with van der Waals surface area (Å²) in [6.45, 7) is 4.25. The molecule has 0 unspecified atom stereocenters. The molecule has 1 aromatic carbocycles. The van der Waals surface area contributed by atoms with Crippen molar-refractivity contribution >= 4 is 6.08 Å². The van der Waals surface area contributed by atoms with Crippen LogP contribution in [0.15, 0.2) is 55.2 Å². The summed E-state index contributed by atoms with van der Waals surface area (Å²) in [5, 5.41) is 0. The van der Waals surface area contributed by atoms with Crippen molar-refractivity contribution in [1.29, 1.82) is 0 Å². The van der Waals surface area contributed by atoms with Crippen LogP contribution in [0, 0.1) is 0 Å². The number of hydrogen-bond donors (Lipinski definition) is 0. The Bertz CT molecular complexity index is 465. The highest BCUT2D eigenvalue weighted by molar-refractivity contribution is 5.50. The fourth-order valence-corrected chi connectivity index (χ4v) is 1.41. The van der Waals surface area contributed by atoms with Gasteiger partial charge in [-0.25, -0.2) is 0 Å². The largest absolute Gasteiger partial charge is 0.487 e. The molecule has 80 valence electrons. The van der Waals surface area contributed by atoms with Gasteiger partial charge in [0.1, 0.15) is 18.1 Å². The number of aromatic nitrogens is 1. The highest BCUT2D eigenvalue weighted by Gasteiger charge is 2.00. The summed E-state index contributed by atoms with van der Waals surface area (Å²) in [5.41, 5.74) is 1.92. The van der Waals surface area contributed by atoms with E-state index in [1.807, 2.05) is 42.5 Å². The highest BCUT2D eigenvalue weighted by atomic mass is 16.5. The first-order valence-electron chi connectivity index (χ1n) is 5.14. The molecule has 2 heteroatoms. The third-order valence-corrected chi connectivity index (χ3v) is 2.23. The van der Waals surface area contributed by atoms with E-state index in [1.54, 1.807) is 12.3 Å². The van der Waals surface area contributed by atoms with Crippen LogP contribution in [0.25, 0.3) is 6.08 Å². The standard InChI is InChI=1S/C14H13NO/c1-2-13-14(9-6-10-15-13)16-11-12-7-4-3-5-8-12/h2-10H,1,11H2. The first-order valence-corrected chi connectivity index (χ1v) is 5.14. The van der Waals surface area contributed by atoms with E-state index in [2.05, 4.69) is 11.6 Å². The van der Waals surface area contributed by atoms with Gasteiger partial charge in [-0.3, -0.25) is 4.98 Å². The number of benzene rings is 1. The fourth-order valence-electron chi connectivity index (χ4n) is 1.41. The van der Waals surface area contributed by atoms with Gasteiger partial charge in [-0.2, -0.15) is 0 Å². The first kappa shape index (κ1) is 10.4. The maximum atomic E-state index is 5.68. The minimum Gasteiger partial charge on any atom is -0.487 e. The van der Waals surface area contributed by atoms with Gasteiger partial charge in [-0.1, -0.05) is 36.9 Å². The van der Waals surface area contributed by atoms with Crippen LogP contribution >= 0.6 is 0 Å². The van der Waals surface area contributed by atoms with Crippen LogP contribution in [0.1, 0.15) is 11.3 Å². The van der Waals surface area contributed by atoms with Crippen LogP contribution in [-0.4, -0.2) is 4.98 Å². The van der Waals surface area contributed by atoms with Crippen molar-refractivity contribution in [2.75, 3.05) is 0 Å². The molecule has 0 spiro atoms. The van der Waals surface area contributed by atoms with Crippen molar-refractivity contribution in [2.24, 2.45) is 0 Å². The highest BCUT2D eigenvalue weighted by Crippen LogP contribution is 2.17. The summed E-state index contributed by atoms with van der Waals surface area (Å²) in [5.74, 6) is 0.765. The van der Waals surface area contributed by atoms with Crippen molar-refractivity contribution < 1.29 is 4.74 Å². The first-order chi connectivity index (χ1) is 7.90. The monoisotopic (exact) mass is 211 g/mol. The molecule has 0 atom stereocenters. The average Bonchev–Trinajstić information content (AvgIpc) is 2.38. The van der Waals surface area contributed by atoms with E-state index < -0.39 is 0 Å². The van der Waals surface area contributed by atoms with Crippen molar-refractivity contribution in [1.82, 2.24) is 4.98 Å². The smallest absolute Gasteiger partial charge is 0.145 e. The molecule has 0 fully saturated rings. The number of ether oxygens (including phenoxy) is 1. The van der Waals surface area contributed by atoms with E-state index in [0.717, 1.165) is 17.0 Å². The van der Waals surface area contributed by atoms with E-state index in [4.69, 9.17) is 4.74 Å². The van der Waals surface area contributed by atoms with Gasteiger partial charge in [0.05, 0.1) is 0 Å². The van der Waals surface area contributed by atoms with E-state index in [1.165, 1.54) is 0 Å². The van der Waals surface area contributed by atoms with E-state index >= 15 is 0 Å². The topological polar surface area (TPSA) is 22.1 Å². The quantitative estimate of drug-likeness (QED) is 0.774. The number of rotatable bonds is 4. The van der Waals surface area contributed by atoms with E-state index in [0.29, 0.717) is 6.61 Å². The Morgan fingerprint density at radius 3 is 2.69 bits per heavy atom. The third kappa shape index (κ3) is 2.48. The molecule has 0 saturated carbocycles.